The largest absolute Gasteiger partial charge is 0.388 e. The fraction of sp³-hybridized carbons (Fsp3) is 0.316. The first-order valence-corrected chi connectivity index (χ1v) is 7.66. The summed E-state index contributed by atoms with van der Waals surface area (Å²) in [5.41, 5.74) is 6.05. The minimum absolute atomic E-state index is 0.0344. The SMILES string of the molecule is Cc1c(C(O)Cc2ccccc2)cc2c(c1C)NC(=O)C2C. The van der Waals surface area contributed by atoms with Crippen LogP contribution >= 0.6 is 0 Å². The number of hydrogen-bond acceptors (Lipinski definition) is 2. The number of hydrogen-bond donors (Lipinski definition) is 2. The maximum Gasteiger partial charge on any atom is 0.231 e. The first-order valence-electron chi connectivity index (χ1n) is 7.66. The second-order valence-electron chi connectivity index (χ2n) is 6.10. The summed E-state index contributed by atoms with van der Waals surface area (Å²) >= 11 is 0. The number of aliphatic hydroxyl groups excluding tert-OH is 1. The van der Waals surface area contributed by atoms with Crippen LogP contribution in [0.25, 0.3) is 0 Å². The molecule has 0 spiro atoms. The average molecular weight is 295 g/mol. The highest BCUT2D eigenvalue weighted by Crippen LogP contribution is 2.39. The molecule has 2 aromatic rings. The highest BCUT2D eigenvalue weighted by atomic mass is 16.3. The minimum Gasteiger partial charge on any atom is -0.388 e. The zero-order chi connectivity index (χ0) is 15.9. The van der Waals surface area contributed by atoms with Crippen molar-refractivity contribution in [3.05, 3.63) is 64.2 Å². The lowest BCUT2D eigenvalue weighted by atomic mass is 9.89. The van der Waals surface area contributed by atoms with Crippen LogP contribution in [0.2, 0.25) is 0 Å². The number of benzene rings is 2. The topological polar surface area (TPSA) is 49.3 Å². The molecule has 2 aromatic carbocycles. The molecule has 0 aliphatic carbocycles. The molecule has 0 aromatic heterocycles. The van der Waals surface area contributed by atoms with Crippen LogP contribution in [0.15, 0.2) is 36.4 Å². The molecule has 3 rings (SSSR count). The van der Waals surface area contributed by atoms with Crippen LogP contribution in [0, 0.1) is 13.8 Å². The molecule has 2 N–H and O–H groups in total. The van der Waals surface area contributed by atoms with Crippen molar-refractivity contribution in [3.63, 3.8) is 0 Å². The van der Waals surface area contributed by atoms with E-state index in [9.17, 15) is 9.90 Å². The van der Waals surface area contributed by atoms with Crippen molar-refractivity contribution in [2.75, 3.05) is 5.32 Å². The molecule has 1 aliphatic rings. The van der Waals surface area contributed by atoms with E-state index in [4.69, 9.17) is 0 Å². The van der Waals surface area contributed by atoms with Crippen molar-refractivity contribution in [3.8, 4) is 0 Å². The molecule has 3 heteroatoms. The van der Waals surface area contributed by atoms with E-state index in [0.29, 0.717) is 6.42 Å². The number of carbonyl (C=O) groups is 1. The van der Waals surface area contributed by atoms with Crippen LogP contribution in [-0.2, 0) is 11.2 Å². The average Bonchev–Trinajstić information content (AvgIpc) is 2.79. The molecule has 22 heavy (non-hydrogen) atoms. The molecule has 2 unspecified atom stereocenters. The maximum absolute atomic E-state index is 11.9. The van der Waals surface area contributed by atoms with Gasteiger partial charge < -0.3 is 10.4 Å². The van der Waals surface area contributed by atoms with Gasteiger partial charge in [0.25, 0.3) is 0 Å². The maximum atomic E-state index is 11.9. The lowest BCUT2D eigenvalue weighted by molar-refractivity contribution is -0.116. The van der Waals surface area contributed by atoms with Crippen LogP contribution in [0.5, 0.6) is 0 Å². The molecule has 0 saturated carbocycles. The van der Waals surface area contributed by atoms with Crippen molar-refractivity contribution >= 4 is 11.6 Å². The molecule has 1 amide bonds. The zero-order valence-electron chi connectivity index (χ0n) is 13.2. The monoisotopic (exact) mass is 295 g/mol. The van der Waals surface area contributed by atoms with Crippen molar-refractivity contribution in [2.24, 2.45) is 0 Å². The Balaban J connectivity index is 1.98. The van der Waals surface area contributed by atoms with Crippen LogP contribution in [0.1, 0.15) is 46.8 Å². The van der Waals surface area contributed by atoms with Crippen molar-refractivity contribution < 1.29 is 9.90 Å². The van der Waals surface area contributed by atoms with Gasteiger partial charge in [-0.25, -0.2) is 0 Å². The second-order valence-corrected chi connectivity index (χ2v) is 6.10. The molecule has 114 valence electrons. The summed E-state index contributed by atoms with van der Waals surface area (Å²) in [5, 5.41) is 13.6. The zero-order valence-corrected chi connectivity index (χ0v) is 13.2. The van der Waals surface area contributed by atoms with Crippen LogP contribution in [0.4, 0.5) is 5.69 Å². The Kier molecular flexibility index (Phi) is 3.75. The first kappa shape index (κ1) is 14.8. The van der Waals surface area contributed by atoms with E-state index in [1.54, 1.807) is 0 Å². The molecule has 0 bridgehead atoms. The molecule has 1 aliphatic heterocycles. The molecule has 2 atom stereocenters. The van der Waals surface area contributed by atoms with Gasteiger partial charge in [0.2, 0.25) is 5.91 Å². The summed E-state index contributed by atoms with van der Waals surface area (Å²) in [6.45, 7) is 5.92. The summed E-state index contributed by atoms with van der Waals surface area (Å²) < 4.78 is 0. The predicted octanol–water partition coefficient (Wildman–Crippen LogP) is 3.64. The van der Waals surface area contributed by atoms with Gasteiger partial charge in [0.05, 0.1) is 12.0 Å². The predicted molar refractivity (Wildman–Crippen MR) is 88.1 cm³/mol. The van der Waals surface area contributed by atoms with Gasteiger partial charge in [0, 0.05) is 12.1 Å². The van der Waals surface area contributed by atoms with Gasteiger partial charge in [-0.05, 0) is 48.6 Å². The molecule has 1 heterocycles. The van der Waals surface area contributed by atoms with E-state index in [-0.39, 0.29) is 11.8 Å². The van der Waals surface area contributed by atoms with E-state index < -0.39 is 6.10 Å². The standard InChI is InChI=1S/C19H21NO2/c1-11-12(2)18-16(13(3)19(22)20-18)10-15(11)17(21)9-14-7-5-4-6-8-14/h4-8,10,13,17,21H,9H2,1-3H3,(H,20,22). The second kappa shape index (κ2) is 5.58. The number of aliphatic hydroxyl groups is 1. The quantitative estimate of drug-likeness (QED) is 0.908. The molecular formula is C19H21NO2. The van der Waals surface area contributed by atoms with Gasteiger partial charge >= 0.3 is 0 Å². The summed E-state index contributed by atoms with van der Waals surface area (Å²) in [5.74, 6) is -0.121. The van der Waals surface area contributed by atoms with Gasteiger partial charge in [-0.1, -0.05) is 36.4 Å². The van der Waals surface area contributed by atoms with Crippen LogP contribution in [-0.4, -0.2) is 11.0 Å². The third kappa shape index (κ3) is 2.42. The summed E-state index contributed by atoms with van der Waals surface area (Å²) in [6.07, 6.45) is 0.0182. The molecule has 0 saturated heterocycles. The first-order chi connectivity index (χ1) is 10.5. The Hall–Kier alpha value is -2.13. The number of nitrogens with one attached hydrogen (secondary N) is 1. The number of carbonyl (C=O) groups excluding carboxylic acids is 1. The Labute approximate surface area is 131 Å². The van der Waals surface area contributed by atoms with Crippen molar-refractivity contribution in [1.29, 1.82) is 0 Å². The van der Waals surface area contributed by atoms with Gasteiger partial charge in [-0.2, -0.15) is 0 Å². The fourth-order valence-electron chi connectivity index (χ4n) is 3.14. The molecule has 0 fully saturated rings. The Bertz CT molecular complexity index is 722. The van der Waals surface area contributed by atoms with Gasteiger partial charge in [-0.15, -0.1) is 0 Å². The van der Waals surface area contributed by atoms with Crippen molar-refractivity contribution in [1.82, 2.24) is 0 Å². The van der Waals surface area contributed by atoms with E-state index >= 15 is 0 Å². The molecule has 3 nitrogen and oxygen atoms in total. The third-order valence-corrected chi connectivity index (χ3v) is 4.71. The van der Waals surface area contributed by atoms with E-state index in [1.807, 2.05) is 57.2 Å². The van der Waals surface area contributed by atoms with E-state index in [1.165, 1.54) is 0 Å². The molecule has 0 radical (unpaired) electrons. The smallest absolute Gasteiger partial charge is 0.231 e. The summed E-state index contributed by atoms with van der Waals surface area (Å²) in [7, 11) is 0. The van der Waals surface area contributed by atoms with Gasteiger partial charge in [-0.3, -0.25) is 4.79 Å². The number of rotatable bonds is 3. The van der Waals surface area contributed by atoms with Gasteiger partial charge in [0.15, 0.2) is 0 Å². The molecular weight excluding hydrogens is 274 g/mol. The number of fused-ring (bicyclic) bond motifs is 1. The third-order valence-electron chi connectivity index (χ3n) is 4.71. The van der Waals surface area contributed by atoms with E-state index in [2.05, 4.69) is 5.32 Å². The lowest BCUT2D eigenvalue weighted by Crippen LogP contribution is -2.08. The number of anilines is 1. The Morgan fingerprint density at radius 1 is 1.18 bits per heavy atom. The normalized spacial score (nSPS) is 18.0. The minimum atomic E-state index is -0.561. The summed E-state index contributed by atoms with van der Waals surface area (Å²) in [6, 6.07) is 12.0. The lowest BCUT2D eigenvalue weighted by Gasteiger charge is -2.19. The highest BCUT2D eigenvalue weighted by Gasteiger charge is 2.30. The van der Waals surface area contributed by atoms with Crippen LogP contribution < -0.4 is 5.32 Å². The Morgan fingerprint density at radius 2 is 1.86 bits per heavy atom. The van der Waals surface area contributed by atoms with Crippen LogP contribution in [0.3, 0.4) is 0 Å². The highest BCUT2D eigenvalue weighted by molar-refractivity contribution is 6.03. The van der Waals surface area contributed by atoms with Gasteiger partial charge in [0.1, 0.15) is 0 Å². The fourth-order valence-corrected chi connectivity index (χ4v) is 3.14. The van der Waals surface area contributed by atoms with E-state index in [0.717, 1.165) is 33.5 Å². The number of amides is 1. The Morgan fingerprint density at radius 3 is 2.55 bits per heavy atom. The van der Waals surface area contributed by atoms with Crippen molar-refractivity contribution in [2.45, 2.75) is 39.2 Å². The summed E-state index contributed by atoms with van der Waals surface area (Å²) in [4.78, 5) is 11.9.